The number of Topliss-reactive ketones (excluding diaryl/α,β-unsaturated/α-hetero) is 1. The number of fused-ring (bicyclic) bond motifs is 3. The second-order valence-electron chi connectivity index (χ2n) is 21.7. The lowest BCUT2D eigenvalue weighted by Gasteiger charge is -2.14. The number of ether oxygens (including phenoxy) is 2. The van der Waals surface area contributed by atoms with Crippen molar-refractivity contribution in [2.45, 2.75) is 43.0 Å². The van der Waals surface area contributed by atoms with Crippen molar-refractivity contribution < 1.29 is 61.8 Å². The number of anilines is 1. The number of hydrogen-bond acceptors (Lipinski definition) is 10. The van der Waals surface area contributed by atoms with E-state index in [1.807, 2.05) is 66.7 Å². The Bertz CT molecular complexity index is 5370. The van der Waals surface area contributed by atoms with Crippen molar-refractivity contribution in [1.29, 1.82) is 0 Å². The molecule has 97 heavy (non-hydrogen) atoms. The number of carbonyl (C=O) groups is 1. The summed E-state index contributed by atoms with van der Waals surface area (Å²) in [6, 6.07) is 56.0. The Balaban J connectivity index is 0.000000160. The molecule has 25 heteroatoms. The first-order valence-corrected chi connectivity index (χ1v) is 32.3. The highest BCUT2D eigenvalue weighted by molar-refractivity contribution is 7.93. The van der Waals surface area contributed by atoms with Gasteiger partial charge in [0.1, 0.15) is 11.5 Å². The molecule has 3 aromatic heterocycles. The molecule has 0 saturated heterocycles. The molecule has 0 spiro atoms. The maximum absolute atomic E-state index is 12.9. The second kappa shape index (κ2) is 28.8. The van der Waals surface area contributed by atoms with Gasteiger partial charge in [0.25, 0.3) is 11.8 Å². The number of imidazole rings is 3. The Hall–Kier alpha value is -11.2. The molecule has 0 fully saturated rings. The molecule has 0 amide bonds. The number of nitrogens with two attached hydrogens (primary N) is 1. The molecule has 15 nitrogen and oxygen atoms in total. The van der Waals surface area contributed by atoms with Crippen molar-refractivity contribution in [2.75, 3.05) is 17.9 Å². The number of nitrogens with zero attached hydrogens (tertiary/aromatic N) is 3. The summed E-state index contributed by atoms with van der Waals surface area (Å²) in [5.41, 5.74) is 4.94. The number of hydrogen-bond donors (Lipinski definition) is 5. The molecule has 0 saturated carbocycles. The zero-order chi connectivity index (χ0) is 69.3. The van der Waals surface area contributed by atoms with Crippen molar-refractivity contribution in [2.24, 2.45) is 5.14 Å². The maximum atomic E-state index is 12.9. The fourth-order valence-corrected chi connectivity index (χ4v) is 10.9. The van der Waals surface area contributed by atoms with Gasteiger partial charge in [-0.15, -0.1) is 0 Å². The highest BCUT2D eigenvalue weighted by atomic mass is 35.5. The summed E-state index contributed by atoms with van der Waals surface area (Å²) < 4.78 is 149. The number of sulfonamides is 2. The summed E-state index contributed by atoms with van der Waals surface area (Å²) in [7, 11) is -9.47. The summed E-state index contributed by atoms with van der Waals surface area (Å²) in [6.07, 6.45) is 0. The third-order valence-electron chi connectivity index (χ3n) is 13.8. The van der Waals surface area contributed by atoms with Gasteiger partial charge >= 0.3 is 15.5 Å². The van der Waals surface area contributed by atoms with Crippen LogP contribution >= 0.6 is 11.6 Å². The van der Waals surface area contributed by atoms with E-state index >= 15 is 0 Å². The molecule has 6 N–H and O–H groups in total. The van der Waals surface area contributed by atoms with E-state index in [0.717, 1.165) is 41.6 Å². The third kappa shape index (κ3) is 18.4. The zero-order valence-electron chi connectivity index (χ0n) is 51.1. The van der Waals surface area contributed by atoms with Crippen LogP contribution in [0, 0.1) is 35.5 Å². The van der Waals surface area contributed by atoms with Crippen LogP contribution in [0.2, 0.25) is 5.02 Å². The predicted molar refractivity (Wildman–Crippen MR) is 359 cm³/mol. The Morgan fingerprint density at radius 3 is 1.35 bits per heavy atom. The molecule has 0 unspecified atom stereocenters. The number of primary sulfonamides is 1. The van der Waals surface area contributed by atoms with Crippen LogP contribution in [0.4, 0.5) is 36.4 Å². The highest BCUT2D eigenvalue weighted by Crippen LogP contribution is 2.35. The smallest absolute Gasteiger partial charge is 0.487 e. The summed E-state index contributed by atoms with van der Waals surface area (Å²) in [4.78, 5) is 34.6. The van der Waals surface area contributed by atoms with Crippen LogP contribution in [0.1, 0.15) is 65.3 Å². The Labute approximate surface area is 556 Å². The number of rotatable bonds is 13. The van der Waals surface area contributed by atoms with Gasteiger partial charge in [-0.05, 0) is 162 Å². The fraction of sp³-hybridized carbons (Fsp3) is 0.111. The van der Waals surface area contributed by atoms with E-state index < -0.39 is 50.6 Å². The van der Waals surface area contributed by atoms with Crippen molar-refractivity contribution in [3.63, 3.8) is 0 Å². The first kappa shape index (κ1) is 68.7. The summed E-state index contributed by atoms with van der Waals surface area (Å²) in [5, 5.41) is 6.00. The van der Waals surface area contributed by atoms with E-state index in [1.54, 1.807) is 109 Å². The van der Waals surface area contributed by atoms with Crippen molar-refractivity contribution in [1.82, 2.24) is 29.9 Å². The second-order valence-corrected chi connectivity index (χ2v) is 25.4. The molecule has 9 aromatic carbocycles. The van der Waals surface area contributed by atoms with E-state index in [0.29, 0.717) is 83.7 Å². The minimum Gasteiger partial charge on any atom is -0.487 e. The highest BCUT2D eigenvalue weighted by Gasteiger charge is 2.46. The SMILES string of the molecule is CC(=O)c1ccccc1-c1ccc2nc(C#Cc3cccc(Cl)c3)[nH]c2c1.CC(F)(F)COc1ccc(C#Cc2nc3ccc(-c4ccccc4NS(=O)(=O)C(F)(F)F)cc3[nH]2)cc1.CC(F)(F)COc1ccc(C#Cc2nc3ccc(-c4ccccc4S(N)(=O)=O)cc3[nH]2)cc1. The van der Waals surface area contributed by atoms with E-state index in [4.69, 9.17) is 26.2 Å². The van der Waals surface area contributed by atoms with Gasteiger partial charge in [-0.2, -0.15) is 21.6 Å². The number of alkyl halides is 7. The number of para-hydroxylation sites is 1. The van der Waals surface area contributed by atoms with Gasteiger partial charge in [0.15, 0.2) is 36.5 Å². The quantitative estimate of drug-likeness (QED) is 0.0417. The molecule has 0 atom stereocenters. The number of benzene rings is 9. The molecule has 0 bridgehead atoms. The number of halogens is 8. The summed E-state index contributed by atoms with van der Waals surface area (Å²) in [5.74, 6) is 13.8. The van der Waals surface area contributed by atoms with E-state index in [1.165, 1.54) is 36.4 Å². The van der Waals surface area contributed by atoms with Crippen LogP contribution in [-0.4, -0.2) is 83.1 Å². The van der Waals surface area contributed by atoms with Gasteiger partial charge in [-0.3, -0.25) is 9.52 Å². The zero-order valence-corrected chi connectivity index (χ0v) is 53.5. The normalized spacial score (nSPS) is 11.5. The Kier molecular flexibility index (Phi) is 20.4. The number of aromatic nitrogens is 6. The van der Waals surface area contributed by atoms with Gasteiger partial charge in [-0.25, -0.2) is 46.1 Å². The van der Waals surface area contributed by atoms with Crippen LogP contribution in [0.3, 0.4) is 0 Å². The van der Waals surface area contributed by atoms with Crippen LogP contribution in [-0.2, 0) is 20.0 Å². The van der Waals surface area contributed by atoms with Crippen LogP contribution < -0.4 is 19.3 Å². The predicted octanol–water partition coefficient (Wildman–Crippen LogP) is 15.7. The Morgan fingerprint density at radius 2 is 0.907 bits per heavy atom. The molecule has 0 aliphatic heterocycles. The monoisotopic (exact) mass is 1370 g/mol. The average molecular weight is 1370 g/mol. The fourth-order valence-electron chi connectivity index (χ4n) is 9.38. The van der Waals surface area contributed by atoms with E-state index in [9.17, 15) is 52.4 Å². The molecule has 12 aromatic rings. The lowest BCUT2D eigenvalue weighted by Crippen LogP contribution is -2.30. The van der Waals surface area contributed by atoms with Crippen molar-refractivity contribution >= 4 is 76.2 Å². The van der Waals surface area contributed by atoms with Gasteiger partial charge in [0.2, 0.25) is 10.0 Å². The Morgan fingerprint density at radius 1 is 0.495 bits per heavy atom. The van der Waals surface area contributed by atoms with E-state index in [2.05, 4.69) is 65.4 Å². The lowest BCUT2D eigenvalue weighted by atomic mass is 9.97. The minimum absolute atomic E-state index is 0.0407. The molecule has 0 radical (unpaired) electrons. The lowest BCUT2D eigenvalue weighted by molar-refractivity contribution is -0.0429. The van der Waals surface area contributed by atoms with Gasteiger partial charge < -0.3 is 24.4 Å². The van der Waals surface area contributed by atoms with Crippen LogP contribution in [0.5, 0.6) is 11.5 Å². The molecule has 12 rings (SSSR count). The topological polar surface area (TPSA) is 228 Å². The summed E-state index contributed by atoms with van der Waals surface area (Å²) >= 11 is 5.99. The van der Waals surface area contributed by atoms with Gasteiger partial charge in [0, 0.05) is 52.3 Å². The average Bonchev–Trinajstić information content (AvgIpc) is 1.78. The molecular formula is C72H52ClF7N8O7S2. The number of ketones is 1. The first-order valence-electron chi connectivity index (χ1n) is 28.9. The molecule has 0 aliphatic rings. The third-order valence-corrected chi connectivity index (χ3v) is 16.2. The number of carbonyl (C=O) groups excluding carboxylic acids is 1. The largest absolute Gasteiger partial charge is 0.516 e. The van der Waals surface area contributed by atoms with Crippen molar-refractivity contribution in [3.05, 3.63) is 245 Å². The molecule has 3 heterocycles. The van der Waals surface area contributed by atoms with E-state index in [-0.39, 0.29) is 27.7 Å². The van der Waals surface area contributed by atoms with Crippen LogP contribution in [0.25, 0.3) is 66.5 Å². The van der Waals surface area contributed by atoms with Crippen LogP contribution in [0.15, 0.2) is 205 Å². The van der Waals surface area contributed by atoms with Gasteiger partial charge in [-0.1, -0.05) is 114 Å². The number of nitrogens with one attached hydrogen (secondary N) is 4. The number of H-pyrrole nitrogens is 3. The standard InChI is InChI=1S/C25H18F5N3O3S.C24H19F2N3O3S.C23H15ClN2O/c1-24(26,27)15-36-18-10-6-16(7-11-18)8-13-23-31-21-12-9-17(14-22(21)32-23)19-4-2-3-5-20(19)33-37(34,35)25(28,29)30;1-24(25,26)15-32-18-10-6-16(7-11-18)8-13-23-28-20-12-9-17(14-21(20)29-23)19-4-2-3-5-22(19)33(27,30)31;1-15(27)19-7-2-3-8-20(19)17-10-11-21-22(14-17)26-23(25-21)12-9-16-5-4-6-18(24)13-16/h2-7,9-12,14,33H,15H2,1H3,(H,31,32);2-7,9-12,14H,15H2,1H3,(H,28,29)(H2,27,30,31);2-8,10-11,13-14H,1H3,(H,25,26). The molecule has 0 aliphatic carbocycles. The number of aromatic amines is 3. The summed E-state index contributed by atoms with van der Waals surface area (Å²) in [6.45, 7) is 1.70. The maximum Gasteiger partial charge on any atom is 0.516 e. The molecular weight excluding hydrogens is 1320 g/mol. The van der Waals surface area contributed by atoms with Gasteiger partial charge in [0.05, 0.1) is 43.7 Å². The minimum atomic E-state index is -5.60. The molecule has 490 valence electrons. The first-order chi connectivity index (χ1) is 46.0. The van der Waals surface area contributed by atoms with Crippen molar-refractivity contribution in [3.8, 4) is 80.4 Å².